The molecule has 2 heterocycles. The van der Waals surface area contributed by atoms with Crippen LogP contribution < -0.4 is 4.74 Å². The third-order valence-electron chi connectivity index (χ3n) is 5.14. The summed E-state index contributed by atoms with van der Waals surface area (Å²) >= 11 is 0. The largest absolute Gasteiger partial charge is 0.490 e. The molecule has 25 heavy (non-hydrogen) atoms. The van der Waals surface area contributed by atoms with Crippen LogP contribution in [0.3, 0.4) is 0 Å². The summed E-state index contributed by atoms with van der Waals surface area (Å²) in [5, 5.41) is 0. The Morgan fingerprint density at radius 2 is 1.64 bits per heavy atom. The van der Waals surface area contributed by atoms with Gasteiger partial charge in [-0.1, -0.05) is 26.0 Å². The number of hydrogen-bond acceptors (Lipinski definition) is 3. The Hall–Kier alpha value is -1.71. The second kappa shape index (κ2) is 6.89. The van der Waals surface area contributed by atoms with Gasteiger partial charge in [0.25, 0.3) is 0 Å². The zero-order chi connectivity index (χ0) is 18.2. The Morgan fingerprint density at radius 1 is 1.08 bits per heavy atom. The summed E-state index contributed by atoms with van der Waals surface area (Å²) in [4.78, 5) is 14.5. The average Bonchev–Trinajstić information content (AvgIpc) is 2.78. The van der Waals surface area contributed by atoms with E-state index < -0.39 is 5.60 Å². The molecule has 138 valence electrons. The lowest BCUT2D eigenvalue weighted by Gasteiger charge is -2.39. The van der Waals surface area contributed by atoms with Gasteiger partial charge in [0.05, 0.1) is 0 Å². The number of nitrogens with zero attached hydrogens (tertiary/aromatic N) is 1. The molecule has 1 aromatic rings. The van der Waals surface area contributed by atoms with Crippen molar-refractivity contribution in [2.75, 3.05) is 0 Å². The van der Waals surface area contributed by atoms with E-state index in [2.05, 4.69) is 38.1 Å². The fourth-order valence-electron chi connectivity index (χ4n) is 3.96. The molecule has 4 heteroatoms. The molecule has 1 amide bonds. The molecular weight excluding hydrogens is 314 g/mol. The van der Waals surface area contributed by atoms with Crippen LogP contribution in [0.4, 0.5) is 4.79 Å². The molecule has 2 saturated heterocycles. The topological polar surface area (TPSA) is 38.8 Å². The molecule has 0 N–H and O–H groups in total. The zero-order valence-corrected chi connectivity index (χ0v) is 16.1. The molecule has 3 rings (SSSR count). The van der Waals surface area contributed by atoms with Crippen molar-refractivity contribution in [1.82, 2.24) is 4.90 Å². The normalized spacial score (nSPS) is 26.0. The summed E-state index contributed by atoms with van der Waals surface area (Å²) in [5.41, 5.74) is 0.884. The lowest BCUT2D eigenvalue weighted by molar-refractivity contribution is -0.00707. The first-order valence-electron chi connectivity index (χ1n) is 9.51. The molecule has 1 unspecified atom stereocenters. The summed E-state index contributed by atoms with van der Waals surface area (Å²) in [6.07, 6.45) is 3.90. The number of piperidine rings is 1. The van der Waals surface area contributed by atoms with Crippen LogP contribution in [0.15, 0.2) is 24.3 Å². The number of hydrogen-bond donors (Lipinski definition) is 0. The van der Waals surface area contributed by atoms with E-state index >= 15 is 0 Å². The van der Waals surface area contributed by atoms with Crippen molar-refractivity contribution in [1.29, 1.82) is 0 Å². The van der Waals surface area contributed by atoms with Crippen molar-refractivity contribution in [3.8, 4) is 5.75 Å². The van der Waals surface area contributed by atoms with Gasteiger partial charge in [0.2, 0.25) is 0 Å². The highest BCUT2D eigenvalue weighted by Crippen LogP contribution is 2.38. The van der Waals surface area contributed by atoms with Crippen LogP contribution in [-0.2, 0) is 4.74 Å². The molecule has 0 aromatic heterocycles. The molecule has 0 saturated carbocycles. The molecule has 3 atom stereocenters. The maximum Gasteiger partial charge on any atom is 0.410 e. The van der Waals surface area contributed by atoms with Gasteiger partial charge in [-0.3, -0.25) is 0 Å². The highest BCUT2D eigenvalue weighted by Gasteiger charge is 2.45. The van der Waals surface area contributed by atoms with Crippen LogP contribution in [0.25, 0.3) is 0 Å². The van der Waals surface area contributed by atoms with Crippen LogP contribution in [0, 0.1) is 0 Å². The molecule has 2 fully saturated rings. The monoisotopic (exact) mass is 345 g/mol. The second-order valence-electron chi connectivity index (χ2n) is 8.71. The molecule has 4 nitrogen and oxygen atoms in total. The van der Waals surface area contributed by atoms with Gasteiger partial charge in [-0.25, -0.2) is 4.79 Å². The number of carbonyl (C=O) groups excluding carboxylic acids is 1. The predicted molar refractivity (Wildman–Crippen MR) is 99.1 cm³/mol. The van der Waals surface area contributed by atoms with Crippen LogP contribution in [0.2, 0.25) is 0 Å². The van der Waals surface area contributed by atoms with E-state index in [1.165, 1.54) is 5.56 Å². The zero-order valence-electron chi connectivity index (χ0n) is 16.1. The Kier molecular flexibility index (Phi) is 4.99. The van der Waals surface area contributed by atoms with Gasteiger partial charge in [-0.15, -0.1) is 0 Å². The summed E-state index contributed by atoms with van der Waals surface area (Å²) < 4.78 is 11.8. The first kappa shape index (κ1) is 18.1. The number of ether oxygens (including phenoxy) is 2. The fraction of sp³-hybridized carbons (Fsp3) is 0.667. The van der Waals surface area contributed by atoms with Gasteiger partial charge in [-0.05, 0) is 57.2 Å². The molecule has 2 aliphatic heterocycles. The van der Waals surface area contributed by atoms with Crippen molar-refractivity contribution in [2.24, 2.45) is 0 Å². The summed E-state index contributed by atoms with van der Waals surface area (Å²) in [6.45, 7) is 10.1. The molecule has 2 bridgehead atoms. The molecule has 0 spiro atoms. The Balaban J connectivity index is 1.61. The second-order valence-corrected chi connectivity index (χ2v) is 8.71. The first-order valence-corrected chi connectivity index (χ1v) is 9.51. The molecule has 0 radical (unpaired) electrons. The molecule has 0 aliphatic carbocycles. The number of amides is 1. The summed E-state index contributed by atoms with van der Waals surface area (Å²) in [6, 6.07) is 8.91. The first-order chi connectivity index (χ1) is 11.7. The molecular formula is C21H31NO3. The number of fused-ring (bicyclic) bond motifs is 2. The van der Waals surface area contributed by atoms with Gasteiger partial charge in [-0.2, -0.15) is 0 Å². The van der Waals surface area contributed by atoms with E-state index in [1.54, 1.807) is 0 Å². The Labute approximate surface area is 151 Å². The third kappa shape index (κ3) is 4.28. The highest BCUT2D eigenvalue weighted by atomic mass is 16.6. The standard InChI is InChI=1S/C21H31NO3/c1-14(2)15-6-10-18(11-7-15)24-19-12-16-8-9-17(13-19)22(16)20(23)25-21(3,4)5/h6-7,10-11,14,16-17,19H,8-9,12-13H2,1-5H3/t16-,17+,19?. The van der Waals surface area contributed by atoms with Gasteiger partial charge in [0.1, 0.15) is 17.5 Å². The van der Waals surface area contributed by atoms with Crippen molar-refractivity contribution in [3.05, 3.63) is 29.8 Å². The lowest BCUT2D eigenvalue weighted by Crippen LogP contribution is -2.50. The minimum absolute atomic E-state index is 0.167. The summed E-state index contributed by atoms with van der Waals surface area (Å²) in [5.74, 6) is 1.46. The summed E-state index contributed by atoms with van der Waals surface area (Å²) in [7, 11) is 0. The maximum atomic E-state index is 12.5. The Morgan fingerprint density at radius 3 is 2.12 bits per heavy atom. The van der Waals surface area contributed by atoms with Gasteiger partial charge in [0.15, 0.2) is 0 Å². The smallest absolute Gasteiger partial charge is 0.410 e. The number of rotatable bonds is 3. The van der Waals surface area contributed by atoms with E-state index in [9.17, 15) is 4.79 Å². The minimum Gasteiger partial charge on any atom is -0.490 e. The van der Waals surface area contributed by atoms with Crippen molar-refractivity contribution in [2.45, 2.75) is 90.0 Å². The average molecular weight is 345 g/mol. The molecule has 1 aromatic carbocycles. The van der Waals surface area contributed by atoms with Crippen LogP contribution in [-0.4, -0.2) is 34.8 Å². The van der Waals surface area contributed by atoms with E-state index in [1.807, 2.05) is 25.7 Å². The quantitative estimate of drug-likeness (QED) is 0.763. The highest BCUT2D eigenvalue weighted by molar-refractivity contribution is 5.69. The van der Waals surface area contributed by atoms with Crippen molar-refractivity contribution >= 4 is 6.09 Å². The lowest BCUT2D eigenvalue weighted by atomic mass is 10.00. The minimum atomic E-state index is -0.442. The molecule has 2 aliphatic rings. The van der Waals surface area contributed by atoms with Crippen LogP contribution in [0.5, 0.6) is 5.75 Å². The van der Waals surface area contributed by atoms with E-state index in [4.69, 9.17) is 9.47 Å². The van der Waals surface area contributed by atoms with Crippen LogP contribution in [0.1, 0.15) is 71.8 Å². The van der Waals surface area contributed by atoms with E-state index in [0.29, 0.717) is 5.92 Å². The van der Waals surface area contributed by atoms with Gasteiger partial charge in [0, 0.05) is 24.9 Å². The van der Waals surface area contributed by atoms with Crippen molar-refractivity contribution < 1.29 is 14.3 Å². The van der Waals surface area contributed by atoms with Gasteiger partial charge >= 0.3 is 6.09 Å². The fourth-order valence-corrected chi connectivity index (χ4v) is 3.96. The maximum absolute atomic E-state index is 12.5. The number of benzene rings is 1. The van der Waals surface area contributed by atoms with Crippen LogP contribution >= 0.6 is 0 Å². The number of carbonyl (C=O) groups is 1. The SMILES string of the molecule is CC(C)c1ccc(OC2C[C@H]3CC[C@@H](C2)N3C(=O)OC(C)(C)C)cc1. The third-order valence-corrected chi connectivity index (χ3v) is 5.14. The van der Waals surface area contributed by atoms with Gasteiger partial charge < -0.3 is 14.4 Å². The predicted octanol–water partition coefficient (Wildman–Crippen LogP) is 5.12. The Bertz CT molecular complexity index is 589. The van der Waals surface area contributed by atoms with E-state index in [-0.39, 0.29) is 24.3 Å². The van der Waals surface area contributed by atoms with E-state index in [0.717, 1.165) is 31.4 Å². The van der Waals surface area contributed by atoms with Crippen molar-refractivity contribution in [3.63, 3.8) is 0 Å².